The van der Waals surface area contributed by atoms with Crippen LogP contribution in [-0.4, -0.2) is 12.5 Å². The van der Waals surface area contributed by atoms with Crippen molar-refractivity contribution in [3.63, 3.8) is 0 Å². The molecule has 1 aromatic carbocycles. The van der Waals surface area contributed by atoms with Crippen molar-refractivity contribution in [2.75, 3.05) is 11.9 Å². The first-order valence-electron chi connectivity index (χ1n) is 9.29. The van der Waals surface area contributed by atoms with Gasteiger partial charge in [0.15, 0.2) is 0 Å². The third-order valence-electron chi connectivity index (χ3n) is 5.63. The molecule has 26 heavy (non-hydrogen) atoms. The summed E-state index contributed by atoms with van der Waals surface area (Å²) in [4.78, 5) is 13.7. The van der Waals surface area contributed by atoms with Crippen molar-refractivity contribution in [2.45, 2.75) is 32.1 Å². The Morgan fingerprint density at radius 1 is 1.23 bits per heavy atom. The number of halogens is 1. The zero-order chi connectivity index (χ0) is 18.1. The number of nitrogens with one attached hydrogen (secondary N) is 2. The van der Waals surface area contributed by atoms with Crippen molar-refractivity contribution in [1.29, 1.82) is 0 Å². The number of benzene rings is 1. The van der Waals surface area contributed by atoms with Gasteiger partial charge < -0.3 is 16.4 Å². The van der Waals surface area contributed by atoms with Gasteiger partial charge in [0.2, 0.25) is 0 Å². The molecule has 1 fully saturated rings. The molecule has 1 aliphatic carbocycles. The lowest BCUT2D eigenvalue weighted by Crippen LogP contribution is -2.34. The Morgan fingerprint density at radius 3 is 2.92 bits per heavy atom. The maximum Gasteiger partial charge on any atom is 0.258 e. The van der Waals surface area contributed by atoms with E-state index in [-0.39, 0.29) is 5.91 Å². The van der Waals surface area contributed by atoms with E-state index in [1.54, 1.807) is 23.9 Å². The number of fused-ring (bicyclic) bond motifs is 1. The Labute approximate surface area is 163 Å². The van der Waals surface area contributed by atoms with Gasteiger partial charge in [0.05, 0.1) is 11.3 Å². The second kappa shape index (κ2) is 7.67. The molecular formula is C20H24ClN3OS. The smallest absolute Gasteiger partial charge is 0.258 e. The van der Waals surface area contributed by atoms with Gasteiger partial charge in [-0.15, -0.1) is 0 Å². The number of amides is 1. The highest BCUT2D eigenvalue weighted by Crippen LogP contribution is 2.43. The highest BCUT2D eigenvalue weighted by atomic mass is 35.5. The molecule has 138 valence electrons. The van der Waals surface area contributed by atoms with Crippen molar-refractivity contribution in [2.24, 2.45) is 23.5 Å². The first-order chi connectivity index (χ1) is 12.6. The molecule has 2 heterocycles. The Balaban J connectivity index is 1.53. The molecule has 0 spiro atoms. The second-order valence-electron chi connectivity index (χ2n) is 7.43. The van der Waals surface area contributed by atoms with Gasteiger partial charge in [0, 0.05) is 15.8 Å². The summed E-state index contributed by atoms with van der Waals surface area (Å²) in [5.41, 5.74) is 7.30. The highest BCUT2D eigenvalue weighted by molar-refractivity contribution is 8.06. The minimum absolute atomic E-state index is 0.101. The highest BCUT2D eigenvalue weighted by Gasteiger charge is 2.30. The molecule has 1 aromatic rings. The molecule has 1 amide bonds. The van der Waals surface area contributed by atoms with E-state index < -0.39 is 0 Å². The number of thioether (sulfide) groups is 1. The summed E-state index contributed by atoms with van der Waals surface area (Å²) in [5.74, 6) is 2.46. The minimum atomic E-state index is -0.101. The van der Waals surface area contributed by atoms with E-state index in [1.165, 1.54) is 30.6 Å². The number of anilines is 1. The molecule has 3 unspecified atom stereocenters. The number of rotatable bonds is 3. The maximum absolute atomic E-state index is 12.5. The SMILES string of the molecule is NCC1CCCC(CC2C=CSC2=C2NC(=O)c3cc(Cl)ccc3N2)C1. The largest absolute Gasteiger partial charge is 0.340 e. The quantitative estimate of drug-likeness (QED) is 0.701. The zero-order valence-corrected chi connectivity index (χ0v) is 16.2. The van der Waals surface area contributed by atoms with E-state index in [9.17, 15) is 4.79 Å². The molecule has 3 atom stereocenters. The molecule has 4 rings (SSSR count). The van der Waals surface area contributed by atoms with Crippen LogP contribution in [0.4, 0.5) is 5.69 Å². The van der Waals surface area contributed by atoms with Crippen molar-refractivity contribution in [3.05, 3.63) is 51.0 Å². The number of carbonyl (C=O) groups excluding carboxylic acids is 1. The standard InChI is InChI=1S/C20H24ClN3OS/c21-15-4-5-17-16(10-15)20(25)24-19(23-17)18-14(6-7-26-18)9-12-2-1-3-13(8-12)11-22/h4-7,10,12-14,23H,1-3,8-9,11,22H2,(H,24,25). The van der Waals surface area contributed by atoms with Crippen LogP contribution in [0.3, 0.4) is 0 Å². The second-order valence-corrected chi connectivity index (χ2v) is 8.82. The lowest BCUT2D eigenvalue weighted by Gasteiger charge is -2.31. The van der Waals surface area contributed by atoms with Crippen LogP contribution in [-0.2, 0) is 0 Å². The molecule has 2 aliphatic heterocycles. The van der Waals surface area contributed by atoms with Crippen LogP contribution in [0.1, 0.15) is 42.5 Å². The minimum Gasteiger partial charge on any atom is -0.340 e. The van der Waals surface area contributed by atoms with Crippen LogP contribution in [0.25, 0.3) is 0 Å². The van der Waals surface area contributed by atoms with Crippen LogP contribution in [0.15, 0.2) is 40.4 Å². The number of hydrogen-bond donors (Lipinski definition) is 3. The molecule has 3 aliphatic rings. The summed E-state index contributed by atoms with van der Waals surface area (Å²) < 4.78 is 0. The summed E-state index contributed by atoms with van der Waals surface area (Å²) in [5, 5.41) is 9.12. The third-order valence-corrected chi connectivity index (χ3v) is 6.91. The van der Waals surface area contributed by atoms with Gasteiger partial charge in [-0.25, -0.2) is 0 Å². The van der Waals surface area contributed by atoms with Gasteiger partial charge in [0.25, 0.3) is 5.91 Å². The van der Waals surface area contributed by atoms with E-state index in [4.69, 9.17) is 17.3 Å². The number of allylic oxidation sites excluding steroid dienone is 2. The molecule has 1 saturated carbocycles. The van der Waals surface area contributed by atoms with Crippen molar-refractivity contribution < 1.29 is 4.79 Å². The number of nitrogens with two attached hydrogens (primary N) is 1. The fraction of sp³-hybridized carbons (Fsp3) is 0.450. The molecular weight excluding hydrogens is 366 g/mol. The Kier molecular flexibility index (Phi) is 5.30. The van der Waals surface area contributed by atoms with Crippen LogP contribution in [0.2, 0.25) is 5.02 Å². The first kappa shape index (κ1) is 18.0. The molecule has 0 bridgehead atoms. The summed E-state index contributed by atoms with van der Waals surface area (Å²) >= 11 is 7.72. The van der Waals surface area contributed by atoms with E-state index in [2.05, 4.69) is 22.1 Å². The lowest BCUT2D eigenvalue weighted by molar-refractivity contribution is 0.0963. The van der Waals surface area contributed by atoms with Gasteiger partial charge >= 0.3 is 0 Å². The van der Waals surface area contributed by atoms with Crippen LogP contribution in [0.5, 0.6) is 0 Å². The third kappa shape index (κ3) is 3.66. The average Bonchev–Trinajstić information content (AvgIpc) is 3.10. The maximum atomic E-state index is 12.5. The Hall–Kier alpha value is -1.43. The Morgan fingerprint density at radius 2 is 2.08 bits per heavy atom. The van der Waals surface area contributed by atoms with Gasteiger partial charge in [-0.05, 0) is 61.3 Å². The van der Waals surface area contributed by atoms with Crippen LogP contribution in [0, 0.1) is 17.8 Å². The topological polar surface area (TPSA) is 67.1 Å². The van der Waals surface area contributed by atoms with E-state index >= 15 is 0 Å². The van der Waals surface area contributed by atoms with Crippen molar-refractivity contribution in [3.8, 4) is 0 Å². The van der Waals surface area contributed by atoms with Gasteiger partial charge in [0.1, 0.15) is 5.82 Å². The number of hydrogen-bond acceptors (Lipinski definition) is 4. The van der Waals surface area contributed by atoms with Gasteiger partial charge in [-0.2, -0.15) is 0 Å². The van der Waals surface area contributed by atoms with Crippen molar-refractivity contribution >= 4 is 35.0 Å². The fourth-order valence-electron chi connectivity index (χ4n) is 4.29. The van der Waals surface area contributed by atoms with E-state index in [0.717, 1.165) is 24.5 Å². The summed E-state index contributed by atoms with van der Waals surface area (Å²) in [6.45, 7) is 0.802. The summed E-state index contributed by atoms with van der Waals surface area (Å²) in [6, 6.07) is 5.37. The van der Waals surface area contributed by atoms with Gasteiger partial charge in [-0.3, -0.25) is 4.79 Å². The van der Waals surface area contributed by atoms with E-state index in [1.807, 2.05) is 6.07 Å². The zero-order valence-electron chi connectivity index (χ0n) is 14.6. The first-order valence-corrected chi connectivity index (χ1v) is 10.5. The van der Waals surface area contributed by atoms with E-state index in [0.29, 0.717) is 28.3 Å². The monoisotopic (exact) mass is 389 g/mol. The molecule has 0 saturated heterocycles. The summed E-state index contributed by atoms with van der Waals surface area (Å²) in [7, 11) is 0. The molecule has 0 aromatic heterocycles. The summed E-state index contributed by atoms with van der Waals surface area (Å²) in [6.07, 6.45) is 8.47. The molecule has 6 heteroatoms. The predicted molar refractivity (Wildman–Crippen MR) is 109 cm³/mol. The normalized spacial score (nSPS) is 30.7. The molecule has 4 nitrogen and oxygen atoms in total. The van der Waals surface area contributed by atoms with Gasteiger partial charge in [-0.1, -0.05) is 42.3 Å². The average molecular weight is 390 g/mol. The Bertz CT molecular complexity index is 776. The molecule has 4 N–H and O–H groups in total. The predicted octanol–water partition coefficient (Wildman–Crippen LogP) is 4.70. The molecule has 0 radical (unpaired) electrons. The fourth-order valence-corrected chi connectivity index (χ4v) is 5.44. The lowest BCUT2D eigenvalue weighted by atomic mass is 9.77. The number of carbonyl (C=O) groups is 1. The van der Waals surface area contributed by atoms with Crippen LogP contribution < -0.4 is 16.4 Å². The van der Waals surface area contributed by atoms with Crippen LogP contribution >= 0.6 is 23.4 Å². The van der Waals surface area contributed by atoms with Crippen molar-refractivity contribution in [1.82, 2.24) is 5.32 Å².